The molecule has 1 aromatic rings. The molecule has 2 aliphatic rings. The van der Waals surface area contributed by atoms with E-state index in [1.165, 1.54) is 5.56 Å². The third kappa shape index (κ3) is 2.64. The van der Waals surface area contributed by atoms with Crippen molar-refractivity contribution in [1.29, 1.82) is 0 Å². The van der Waals surface area contributed by atoms with Gasteiger partial charge in [-0.15, -0.1) is 0 Å². The predicted molar refractivity (Wildman–Crippen MR) is 85.9 cm³/mol. The number of nitrogens with zero attached hydrogens (tertiary/aromatic N) is 2. The fourth-order valence-corrected chi connectivity index (χ4v) is 2.42. The lowest BCUT2D eigenvalue weighted by Gasteiger charge is -2.20. The molecule has 0 aromatic heterocycles. The van der Waals surface area contributed by atoms with E-state index in [-0.39, 0.29) is 17.2 Å². The Morgan fingerprint density at radius 1 is 1.00 bits per heavy atom. The maximum atomic E-state index is 12.1. The molecule has 1 aromatic carbocycles. The molecule has 1 aliphatic carbocycles. The van der Waals surface area contributed by atoms with Crippen molar-refractivity contribution in [2.45, 2.75) is 26.2 Å². The molecule has 1 amide bonds. The van der Waals surface area contributed by atoms with Crippen LogP contribution in [-0.2, 0) is 10.2 Å². The van der Waals surface area contributed by atoms with Gasteiger partial charge in [0.05, 0.1) is 5.71 Å². The van der Waals surface area contributed by atoms with Crippen molar-refractivity contribution in [2.75, 3.05) is 0 Å². The number of carbonyl (C=O) groups excluding carboxylic acids is 1. The van der Waals surface area contributed by atoms with Gasteiger partial charge in [-0.1, -0.05) is 63.3 Å². The molecule has 1 heterocycles. The number of carbonyl (C=O) groups is 1. The largest absolute Gasteiger partial charge is 0.271 e. The quantitative estimate of drug-likeness (QED) is 0.775. The fourth-order valence-electron chi connectivity index (χ4n) is 2.42. The van der Waals surface area contributed by atoms with Crippen molar-refractivity contribution in [3.05, 3.63) is 59.7 Å². The van der Waals surface area contributed by atoms with Crippen LogP contribution in [0.15, 0.2) is 58.6 Å². The van der Waals surface area contributed by atoms with Crippen molar-refractivity contribution >= 4 is 17.5 Å². The summed E-state index contributed by atoms with van der Waals surface area (Å²) in [6.07, 6.45) is 7.47. The van der Waals surface area contributed by atoms with E-state index in [0.29, 0.717) is 5.84 Å². The van der Waals surface area contributed by atoms with Gasteiger partial charge >= 0.3 is 0 Å². The van der Waals surface area contributed by atoms with Crippen molar-refractivity contribution in [3.8, 4) is 0 Å². The highest BCUT2D eigenvalue weighted by atomic mass is 16.1. The van der Waals surface area contributed by atoms with Crippen LogP contribution < -0.4 is 0 Å². The second-order valence-electron chi connectivity index (χ2n) is 6.36. The van der Waals surface area contributed by atoms with Crippen LogP contribution >= 0.6 is 0 Å². The van der Waals surface area contributed by atoms with Gasteiger partial charge in [0.1, 0.15) is 5.92 Å². The zero-order valence-electron chi connectivity index (χ0n) is 12.5. The average Bonchev–Trinajstić information content (AvgIpc) is 2.46. The lowest BCUT2D eigenvalue weighted by Crippen LogP contribution is -2.27. The van der Waals surface area contributed by atoms with Crippen LogP contribution in [0.3, 0.4) is 0 Å². The van der Waals surface area contributed by atoms with Crippen LogP contribution in [0.25, 0.3) is 0 Å². The van der Waals surface area contributed by atoms with E-state index in [4.69, 9.17) is 0 Å². The van der Waals surface area contributed by atoms with E-state index in [0.717, 1.165) is 11.3 Å². The zero-order valence-corrected chi connectivity index (χ0v) is 12.5. The number of amides is 1. The number of hydrogen-bond acceptors (Lipinski definition) is 2. The Bertz CT molecular complexity index is 698. The van der Waals surface area contributed by atoms with Gasteiger partial charge in [-0.3, -0.25) is 4.79 Å². The first-order valence-corrected chi connectivity index (χ1v) is 7.12. The van der Waals surface area contributed by atoms with Gasteiger partial charge in [-0.05, 0) is 17.1 Å². The number of allylic oxidation sites excluding steroid dienone is 3. The normalized spacial score (nSPS) is 20.9. The number of hydrogen-bond donors (Lipinski definition) is 0. The summed E-state index contributed by atoms with van der Waals surface area (Å²) in [5, 5.41) is 0. The third-order valence-electron chi connectivity index (χ3n) is 3.73. The van der Waals surface area contributed by atoms with Gasteiger partial charge in [-0.2, -0.15) is 4.99 Å². The van der Waals surface area contributed by atoms with Crippen molar-refractivity contribution in [3.63, 3.8) is 0 Å². The van der Waals surface area contributed by atoms with Crippen molar-refractivity contribution in [2.24, 2.45) is 15.9 Å². The minimum atomic E-state index is -0.312. The summed E-state index contributed by atoms with van der Waals surface area (Å²) >= 11 is 0. The van der Waals surface area contributed by atoms with Crippen LogP contribution in [0, 0.1) is 5.92 Å². The van der Waals surface area contributed by atoms with Crippen LogP contribution in [0.2, 0.25) is 0 Å². The first kappa shape index (κ1) is 13.7. The minimum absolute atomic E-state index is 0.108. The van der Waals surface area contributed by atoms with E-state index in [2.05, 4.69) is 42.9 Å². The highest BCUT2D eigenvalue weighted by Gasteiger charge is 2.26. The summed E-state index contributed by atoms with van der Waals surface area (Å²) in [5.74, 6) is 0.0507. The van der Waals surface area contributed by atoms with Crippen molar-refractivity contribution < 1.29 is 4.79 Å². The summed E-state index contributed by atoms with van der Waals surface area (Å²) in [6, 6.07) is 8.12. The SMILES string of the molecule is CC(C)(C)c1ccc(C2=NC(=O)C3C=CC=CC3=N2)cc1. The Hall–Kier alpha value is -2.29. The third-order valence-corrected chi connectivity index (χ3v) is 3.73. The Balaban J connectivity index is 1.95. The summed E-state index contributed by atoms with van der Waals surface area (Å²) < 4.78 is 0. The first-order valence-electron chi connectivity index (χ1n) is 7.12. The molecular weight excluding hydrogens is 260 g/mol. The molecule has 1 unspecified atom stereocenters. The molecule has 0 spiro atoms. The van der Waals surface area contributed by atoms with Gasteiger partial charge in [0.2, 0.25) is 0 Å². The number of amidine groups is 1. The Morgan fingerprint density at radius 3 is 2.38 bits per heavy atom. The monoisotopic (exact) mass is 278 g/mol. The van der Waals surface area contributed by atoms with Crippen LogP contribution in [-0.4, -0.2) is 17.5 Å². The topological polar surface area (TPSA) is 41.8 Å². The van der Waals surface area contributed by atoms with Gasteiger partial charge in [-0.25, -0.2) is 4.99 Å². The summed E-state index contributed by atoms with van der Waals surface area (Å²) in [5.41, 5.74) is 3.01. The standard InChI is InChI=1S/C18H18N2O/c1-18(2,3)13-10-8-12(9-11-13)16-19-15-7-5-4-6-14(15)17(21)20-16/h4-11,14H,1-3H3. The number of rotatable bonds is 1. The highest BCUT2D eigenvalue weighted by molar-refractivity contribution is 6.24. The van der Waals surface area contributed by atoms with E-state index >= 15 is 0 Å². The Labute approximate surface area is 124 Å². The van der Waals surface area contributed by atoms with Crippen molar-refractivity contribution in [1.82, 2.24) is 0 Å². The summed E-state index contributed by atoms with van der Waals surface area (Å²) in [4.78, 5) is 20.7. The number of fused-ring (bicyclic) bond motifs is 1. The molecule has 0 saturated carbocycles. The second-order valence-corrected chi connectivity index (χ2v) is 6.36. The second kappa shape index (κ2) is 4.92. The van der Waals surface area contributed by atoms with E-state index < -0.39 is 0 Å². The number of benzene rings is 1. The van der Waals surface area contributed by atoms with Crippen LogP contribution in [0.4, 0.5) is 0 Å². The highest BCUT2D eigenvalue weighted by Crippen LogP contribution is 2.24. The lowest BCUT2D eigenvalue weighted by molar-refractivity contribution is -0.118. The van der Waals surface area contributed by atoms with Crippen LogP contribution in [0.1, 0.15) is 31.9 Å². The van der Waals surface area contributed by atoms with E-state index in [1.54, 1.807) is 0 Å². The lowest BCUT2D eigenvalue weighted by atomic mass is 9.86. The zero-order chi connectivity index (χ0) is 15.0. The van der Waals surface area contributed by atoms with Crippen LogP contribution in [0.5, 0.6) is 0 Å². The smallest absolute Gasteiger partial charge is 0.260 e. The number of aliphatic imine (C=N–C) groups is 2. The molecule has 0 saturated heterocycles. The molecule has 3 heteroatoms. The molecular formula is C18H18N2O. The van der Waals surface area contributed by atoms with Gasteiger partial charge < -0.3 is 0 Å². The molecule has 1 aliphatic heterocycles. The molecule has 106 valence electrons. The van der Waals surface area contributed by atoms with Gasteiger partial charge in [0, 0.05) is 5.56 Å². The maximum Gasteiger partial charge on any atom is 0.260 e. The predicted octanol–water partition coefficient (Wildman–Crippen LogP) is 3.45. The molecule has 0 bridgehead atoms. The minimum Gasteiger partial charge on any atom is -0.271 e. The summed E-state index contributed by atoms with van der Waals surface area (Å²) in [6.45, 7) is 6.52. The van der Waals surface area contributed by atoms with E-state index in [9.17, 15) is 4.79 Å². The average molecular weight is 278 g/mol. The van der Waals surface area contributed by atoms with Gasteiger partial charge in [0.25, 0.3) is 5.91 Å². The van der Waals surface area contributed by atoms with E-state index in [1.807, 2.05) is 36.4 Å². The van der Waals surface area contributed by atoms with Gasteiger partial charge in [0.15, 0.2) is 5.84 Å². The molecule has 3 rings (SSSR count). The molecule has 0 radical (unpaired) electrons. The summed E-state index contributed by atoms with van der Waals surface area (Å²) in [7, 11) is 0. The Morgan fingerprint density at radius 2 is 1.71 bits per heavy atom. The first-order chi connectivity index (χ1) is 9.95. The fraction of sp³-hybridized carbons (Fsp3) is 0.278. The Kier molecular flexibility index (Phi) is 3.20. The molecule has 0 N–H and O–H groups in total. The molecule has 1 atom stereocenters. The molecule has 3 nitrogen and oxygen atoms in total. The molecule has 21 heavy (non-hydrogen) atoms. The maximum absolute atomic E-state index is 12.1. The molecule has 0 fully saturated rings.